The predicted molar refractivity (Wildman–Crippen MR) is 79.6 cm³/mol. The molecule has 0 heterocycles. The second-order valence-corrected chi connectivity index (χ2v) is 5.53. The van der Waals surface area contributed by atoms with Gasteiger partial charge in [0.2, 0.25) is 0 Å². The molecule has 19 heavy (non-hydrogen) atoms. The fraction of sp³-hybridized carbons (Fsp3) is 0.250. The molecule has 2 rings (SSSR count). The average molecular weight is 323 g/mol. The first-order valence-corrected chi connectivity index (χ1v) is 6.99. The van der Waals surface area contributed by atoms with Gasteiger partial charge in [0, 0.05) is 0 Å². The maximum Gasteiger partial charge on any atom is 0.165 e. The van der Waals surface area contributed by atoms with Gasteiger partial charge in [0.1, 0.15) is 0 Å². The smallest absolute Gasteiger partial charge is 0.165 e. The van der Waals surface area contributed by atoms with Crippen molar-refractivity contribution < 1.29 is 9.13 Å². The lowest BCUT2D eigenvalue weighted by atomic mass is 9.98. The monoisotopic (exact) mass is 322 g/mol. The molecule has 0 aliphatic carbocycles. The zero-order chi connectivity index (χ0) is 14.0. The van der Waals surface area contributed by atoms with Crippen LogP contribution in [0.2, 0.25) is 0 Å². The van der Waals surface area contributed by atoms with Crippen molar-refractivity contribution in [2.75, 3.05) is 7.11 Å². The second kappa shape index (κ2) is 5.74. The molecule has 3 heteroatoms. The van der Waals surface area contributed by atoms with Gasteiger partial charge in [0.05, 0.1) is 11.9 Å². The molecule has 0 saturated heterocycles. The van der Waals surface area contributed by atoms with Crippen LogP contribution in [0.15, 0.2) is 36.4 Å². The van der Waals surface area contributed by atoms with E-state index in [9.17, 15) is 4.39 Å². The van der Waals surface area contributed by atoms with E-state index in [2.05, 4.69) is 48.0 Å². The Hall–Kier alpha value is -1.35. The minimum absolute atomic E-state index is 0.0199. The van der Waals surface area contributed by atoms with Crippen molar-refractivity contribution in [3.63, 3.8) is 0 Å². The van der Waals surface area contributed by atoms with Gasteiger partial charge >= 0.3 is 0 Å². The van der Waals surface area contributed by atoms with E-state index in [-0.39, 0.29) is 16.4 Å². The Balaban J connectivity index is 2.38. The Kier molecular flexibility index (Phi) is 4.25. The maximum atomic E-state index is 13.7. The summed E-state index contributed by atoms with van der Waals surface area (Å²) < 4.78 is 18.7. The fourth-order valence-electron chi connectivity index (χ4n) is 2.13. The minimum Gasteiger partial charge on any atom is -0.494 e. The van der Waals surface area contributed by atoms with Crippen LogP contribution in [0.4, 0.5) is 4.39 Å². The van der Waals surface area contributed by atoms with Crippen LogP contribution in [0.1, 0.15) is 27.1 Å². The Bertz CT molecular complexity index is 595. The molecule has 0 amide bonds. The fourth-order valence-corrected chi connectivity index (χ4v) is 2.93. The second-order valence-electron chi connectivity index (χ2n) is 4.62. The van der Waals surface area contributed by atoms with E-state index in [1.165, 1.54) is 24.3 Å². The van der Waals surface area contributed by atoms with Gasteiger partial charge in [-0.25, -0.2) is 4.39 Å². The number of ether oxygens (including phenoxy) is 1. The zero-order valence-corrected chi connectivity index (χ0v) is 12.8. The summed E-state index contributed by atoms with van der Waals surface area (Å²) in [4.78, 5) is -0.0199. The van der Waals surface area contributed by atoms with Crippen LogP contribution in [0.25, 0.3) is 0 Å². The summed E-state index contributed by atoms with van der Waals surface area (Å²) in [6.07, 6.45) is 0. The van der Waals surface area contributed by atoms with Crippen molar-refractivity contribution in [3.8, 4) is 5.75 Å². The lowest BCUT2D eigenvalue weighted by Gasteiger charge is -2.15. The van der Waals surface area contributed by atoms with Crippen LogP contribution < -0.4 is 4.74 Å². The van der Waals surface area contributed by atoms with Crippen molar-refractivity contribution in [2.24, 2.45) is 0 Å². The molecule has 0 saturated carbocycles. The normalized spacial score (nSPS) is 12.3. The Morgan fingerprint density at radius 3 is 2.42 bits per heavy atom. The zero-order valence-electron chi connectivity index (χ0n) is 11.2. The van der Waals surface area contributed by atoms with Gasteiger partial charge in [-0.3, -0.25) is 0 Å². The third kappa shape index (κ3) is 2.98. The summed E-state index contributed by atoms with van der Waals surface area (Å²) in [7, 11) is 1.47. The van der Waals surface area contributed by atoms with Crippen LogP contribution in [-0.4, -0.2) is 7.11 Å². The number of rotatable bonds is 3. The molecule has 0 fully saturated rings. The maximum absolute atomic E-state index is 13.7. The van der Waals surface area contributed by atoms with Crippen LogP contribution in [0.3, 0.4) is 0 Å². The van der Waals surface area contributed by atoms with Gasteiger partial charge in [0.25, 0.3) is 0 Å². The molecule has 1 atom stereocenters. The molecule has 0 aromatic heterocycles. The van der Waals surface area contributed by atoms with Crippen LogP contribution >= 0.6 is 15.9 Å². The van der Waals surface area contributed by atoms with E-state index in [1.54, 1.807) is 6.07 Å². The molecule has 1 unspecified atom stereocenters. The van der Waals surface area contributed by atoms with Crippen molar-refractivity contribution in [1.82, 2.24) is 0 Å². The van der Waals surface area contributed by atoms with Crippen molar-refractivity contribution in [1.29, 1.82) is 0 Å². The van der Waals surface area contributed by atoms with E-state index in [0.29, 0.717) is 0 Å². The molecule has 100 valence electrons. The lowest BCUT2D eigenvalue weighted by molar-refractivity contribution is 0.386. The number of alkyl halides is 1. The molecule has 0 spiro atoms. The van der Waals surface area contributed by atoms with Gasteiger partial charge < -0.3 is 4.74 Å². The van der Waals surface area contributed by atoms with Gasteiger partial charge in [0.15, 0.2) is 11.6 Å². The molecule has 0 aliphatic heterocycles. The first kappa shape index (κ1) is 14.1. The van der Waals surface area contributed by atoms with Crippen LogP contribution in [0, 0.1) is 19.7 Å². The van der Waals surface area contributed by atoms with E-state index < -0.39 is 0 Å². The summed E-state index contributed by atoms with van der Waals surface area (Å²) in [5.41, 5.74) is 4.44. The van der Waals surface area contributed by atoms with E-state index in [1.807, 2.05) is 6.07 Å². The SMILES string of the molecule is COc1ccc(C(Br)c2ccc(C)cc2C)cc1F. The first-order chi connectivity index (χ1) is 9.02. The molecule has 0 radical (unpaired) electrons. The number of hydrogen-bond donors (Lipinski definition) is 0. The summed E-state index contributed by atoms with van der Waals surface area (Å²) in [5.74, 6) is -0.0710. The van der Waals surface area contributed by atoms with Gasteiger partial charge in [-0.2, -0.15) is 0 Å². The standard InChI is InChI=1S/C16H16BrFO/c1-10-4-6-13(11(2)8-10)16(17)12-5-7-15(19-3)14(18)9-12/h4-9,16H,1-3H3. The first-order valence-electron chi connectivity index (χ1n) is 6.07. The van der Waals surface area contributed by atoms with Gasteiger partial charge in [-0.05, 0) is 42.7 Å². The highest BCUT2D eigenvalue weighted by atomic mass is 79.9. The molecule has 2 aromatic rings. The van der Waals surface area contributed by atoms with Crippen molar-refractivity contribution in [2.45, 2.75) is 18.7 Å². The predicted octanol–water partition coefficient (Wildman–Crippen LogP) is 4.94. The molecule has 1 nitrogen and oxygen atoms in total. The molecule has 0 N–H and O–H groups in total. The highest BCUT2D eigenvalue weighted by Gasteiger charge is 2.15. The Morgan fingerprint density at radius 1 is 1.11 bits per heavy atom. The number of methoxy groups -OCH3 is 1. The lowest BCUT2D eigenvalue weighted by Crippen LogP contribution is -1.98. The van der Waals surface area contributed by atoms with E-state index in [0.717, 1.165) is 11.1 Å². The number of benzene rings is 2. The van der Waals surface area contributed by atoms with E-state index in [4.69, 9.17) is 4.74 Å². The molecule has 0 aliphatic rings. The molecule has 0 bridgehead atoms. The summed E-state index contributed by atoms with van der Waals surface area (Å²) in [6.45, 7) is 4.13. The molecular weight excluding hydrogens is 307 g/mol. The highest BCUT2D eigenvalue weighted by Crippen LogP contribution is 2.34. The highest BCUT2D eigenvalue weighted by molar-refractivity contribution is 9.09. The number of halogens is 2. The Morgan fingerprint density at radius 2 is 1.84 bits per heavy atom. The molecular formula is C16H16BrFO. The third-order valence-corrected chi connectivity index (χ3v) is 4.19. The molecule has 2 aromatic carbocycles. The van der Waals surface area contributed by atoms with Crippen molar-refractivity contribution >= 4 is 15.9 Å². The average Bonchev–Trinajstić information content (AvgIpc) is 2.38. The van der Waals surface area contributed by atoms with Crippen LogP contribution in [-0.2, 0) is 0 Å². The van der Waals surface area contributed by atoms with Crippen LogP contribution in [0.5, 0.6) is 5.75 Å². The van der Waals surface area contributed by atoms with Gasteiger partial charge in [-0.15, -0.1) is 0 Å². The van der Waals surface area contributed by atoms with E-state index >= 15 is 0 Å². The largest absolute Gasteiger partial charge is 0.494 e. The third-order valence-electron chi connectivity index (χ3n) is 3.17. The topological polar surface area (TPSA) is 9.23 Å². The Labute approximate surface area is 121 Å². The summed E-state index contributed by atoms with van der Waals surface area (Å²) in [6, 6.07) is 11.3. The summed E-state index contributed by atoms with van der Waals surface area (Å²) in [5, 5.41) is 0. The number of aryl methyl sites for hydroxylation is 2. The summed E-state index contributed by atoms with van der Waals surface area (Å²) >= 11 is 3.64. The quantitative estimate of drug-likeness (QED) is 0.727. The number of hydrogen-bond acceptors (Lipinski definition) is 1. The van der Waals surface area contributed by atoms with Gasteiger partial charge in [-0.1, -0.05) is 45.8 Å². The van der Waals surface area contributed by atoms with Crippen molar-refractivity contribution in [3.05, 3.63) is 64.5 Å². The minimum atomic E-state index is -0.339.